The first-order chi connectivity index (χ1) is 16.9. The topological polar surface area (TPSA) is 46.6 Å². The van der Waals surface area contributed by atoms with Crippen LogP contribution < -0.4 is 0 Å². The van der Waals surface area contributed by atoms with Crippen LogP contribution in [0.1, 0.15) is 112 Å². The first kappa shape index (κ1) is 27.4. The van der Waals surface area contributed by atoms with E-state index in [0.717, 1.165) is 54.5 Å². The molecule has 1 aliphatic heterocycles. The molecule has 4 saturated carbocycles. The lowest BCUT2D eigenvalue weighted by molar-refractivity contribution is -0.132. The van der Waals surface area contributed by atoms with Gasteiger partial charge in [0, 0.05) is 19.1 Å². The van der Waals surface area contributed by atoms with Crippen LogP contribution in [0.3, 0.4) is 0 Å². The quantitative estimate of drug-likeness (QED) is 0.319. The first-order valence-electron chi connectivity index (χ1n) is 15.5. The lowest BCUT2D eigenvalue weighted by Gasteiger charge is -2.62. The van der Waals surface area contributed by atoms with Gasteiger partial charge in [-0.1, -0.05) is 53.9 Å². The molecule has 5 fully saturated rings. The van der Waals surface area contributed by atoms with Gasteiger partial charge in [-0.3, -0.25) is 9.08 Å². The Labute approximate surface area is 222 Å². The summed E-state index contributed by atoms with van der Waals surface area (Å²) in [4.78, 5) is 2.52. The van der Waals surface area contributed by atoms with Gasteiger partial charge in [-0.05, 0) is 110 Å². The Morgan fingerprint density at radius 1 is 0.889 bits per heavy atom. The van der Waals surface area contributed by atoms with Crippen molar-refractivity contribution in [3.63, 3.8) is 0 Å². The van der Waals surface area contributed by atoms with Crippen LogP contribution in [0.2, 0.25) is 0 Å². The minimum atomic E-state index is -3.34. The van der Waals surface area contributed by atoms with E-state index in [-0.39, 0.29) is 6.10 Å². The molecule has 1 heterocycles. The number of hydrogen-bond donors (Lipinski definition) is 0. The normalized spacial score (nSPS) is 44.5. The zero-order chi connectivity index (χ0) is 25.9. The molecule has 0 aromatic carbocycles. The van der Waals surface area contributed by atoms with Crippen molar-refractivity contribution in [2.75, 3.05) is 19.3 Å². The fourth-order valence-electron chi connectivity index (χ4n) is 10.7. The van der Waals surface area contributed by atoms with Crippen molar-refractivity contribution in [2.45, 2.75) is 124 Å². The summed E-state index contributed by atoms with van der Waals surface area (Å²) in [5, 5.41) is 0. The van der Waals surface area contributed by atoms with Crippen molar-refractivity contribution >= 4 is 10.1 Å². The Kier molecular flexibility index (Phi) is 7.71. The summed E-state index contributed by atoms with van der Waals surface area (Å²) in [6, 6.07) is 0.635. The Balaban J connectivity index is 1.19. The van der Waals surface area contributed by atoms with Crippen molar-refractivity contribution in [1.82, 2.24) is 4.90 Å². The average molecular weight is 522 g/mol. The van der Waals surface area contributed by atoms with Crippen LogP contribution in [0, 0.1) is 52.3 Å². The molecule has 0 N–H and O–H groups in total. The van der Waals surface area contributed by atoms with Crippen molar-refractivity contribution in [2.24, 2.45) is 52.3 Å². The molecule has 36 heavy (non-hydrogen) atoms. The molecule has 5 aliphatic rings. The third-order valence-corrected chi connectivity index (χ3v) is 13.2. The SMILES string of the molecule is CC(C)CCCC(C)C1CCC2C3CCC4CC(N5CC(OS(C)(=O)=O)C5)CCC4(C)C3CCC12C. The smallest absolute Gasteiger partial charge is 0.264 e. The van der Waals surface area contributed by atoms with Gasteiger partial charge >= 0.3 is 0 Å². The summed E-state index contributed by atoms with van der Waals surface area (Å²) in [6.45, 7) is 14.3. The number of likely N-dealkylation sites (tertiary alicyclic amines) is 1. The zero-order valence-electron chi connectivity index (χ0n) is 24.2. The maximum atomic E-state index is 11.5. The fraction of sp³-hybridized carbons (Fsp3) is 1.00. The molecular weight excluding hydrogens is 466 g/mol. The summed E-state index contributed by atoms with van der Waals surface area (Å²) >= 11 is 0. The molecule has 5 heteroatoms. The van der Waals surface area contributed by atoms with Gasteiger partial charge in [0.2, 0.25) is 0 Å². The predicted molar refractivity (Wildman–Crippen MR) is 148 cm³/mol. The van der Waals surface area contributed by atoms with Gasteiger partial charge in [-0.2, -0.15) is 8.42 Å². The van der Waals surface area contributed by atoms with Crippen LogP contribution >= 0.6 is 0 Å². The molecule has 9 unspecified atom stereocenters. The highest BCUT2D eigenvalue weighted by atomic mass is 32.2. The zero-order valence-corrected chi connectivity index (χ0v) is 25.0. The second-order valence-electron chi connectivity index (χ2n) is 15.0. The molecule has 5 rings (SSSR count). The van der Waals surface area contributed by atoms with E-state index in [1.54, 1.807) is 0 Å². The average Bonchev–Trinajstić information content (AvgIpc) is 3.12. The minimum absolute atomic E-state index is 0.122. The summed E-state index contributed by atoms with van der Waals surface area (Å²) in [6.07, 6.45) is 18.1. The summed E-state index contributed by atoms with van der Waals surface area (Å²) in [7, 11) is -3.34. The second kappa shape index (κ2) is 10.1. The van der Waals surface area contributed by atoms with Crippen molar-refractivity contribution in [3.8, 4) is 0 Å². The number of rotatable bonds is 8. The fourth-order valence-corrected chi connectivity index (χ4v) is 11.3. The lowest BCUT2D eigenvalue weighted by atomic mass is 9.44. The molecule has 0 bridgehead atoms. The van der Waals surface area contributed by atoms with Gasteiger partial charge < -0.3 is 0 Å². The largest absolute Gasteiger partial charge is 0.295 e. The van der Waals surface area contributed by atoms with Crippen LogP contribution in [0.15, 0.2) is 0 Å². The second-order valence-corrected chi connectivity index (χ2v) is 16.6. The molecule has 4 nitrogen and oxygen atoms in total. The van der Waals surface area contributed by atoms with Crippen LogP contribution in [-0.2, 0) is 14.3 Å². The monoisotopic (exact) mass is 521 g/mol. The first-order valence-corrected chi connectivity index (χ1v) is 17.3. The van der Waals surface area contributed by atoms with E-state index >= 15 is 0 Å². The molecule has 0 aromatic heterocycles. The Hall–Kier alpha value is -0.130. The Morgan fingerprint density at radius 3 is 2.28 bits per heavy atom. The Morgan fingerprint density at radius 2 is 1.58 bits per heavy atom. The molecule has 0 spiro atoms. The van der Waals surface area contributed by atoms with E-state index in [0.29, 0.717) is 16.9 Å². The van der Waals surface area contributed by atoms with Gasteiger partial charge in [-0.25, -0.2) is 0 Å². The highest BCUT2D eigenvalue weighted by molar-refractivity contribution is 7.86. The van der Waals surface area contributed by atoms with Gasteiger partial charge in [-0.15, -0.1) is 0 Å². The summed E-state index contributed by atoms with van der Waals surface area (Å²) < 4.78 is 28.2. The summed E-state index contributed by atoms with van der Waals surface area (Å²) in [5.41, 5.74) is 1.11. The maximum Gasteiger partial charge on any atom is 0.264 e. The highest BCUT2D eigenvalue weighted by Gasteiger charge is 2.61. The van der Waals surface area contributed by atoms with E-state index in [2.05, 4.69) is 39.5 Å². The maximum absolute atomic E-state index is 11.5. The van der Waals surface area contributed by atoms with Crippen LogP contribution in [0.25, 0.3) is 0 Å². The molecule has 0 amide bonds. The van der Waals surface area contributed by atoms with Gasteiger partial charge in [0.25, 0.3) is 10.1 Å². The third-order valence-electron chi connectivity index (χ3n) is 12.5. The number of fused-ring (bicyclic) bond motifs is 5. The highest BCUT2D eigenvalue weighted by Crippen LogP contribution is 2.68. The summed E-state index contributed by atoms with van der Waals surface area (Å²) in [5.74, 6) is 6.40. The predicted octanol–water partition coefficient (Wildman–Crippen LogP) is 7.14. The molecule has 1 saturated heterocycles. The molecule has 0 aromatic rings. The van der Waals surface area contributed by atoms with E-state index < -0.39 is 10.1 Å². The minimum Gasteiger partial charge on any atom is -0.295 e. The van der Waals surface area contributed by atoms with Gasteiger partial charge in [0.1, 0.15) is 6.10 Å². The molecule has 208 valence electrons. The Bertz CT molecular complexity index is 882. The van der Waals surface area contributed by atoms with Crippen molar-refractivity contribution in [1.29, 1.82) is 0 Å². The van der Waals surface area contributed by atoms with E-state index in [4.69, 9.17) is 4.18 Å². The van der Waals surface area contributed by atoms with Crippen LogP contribution in [0.5, 0.6) is 0 Å². The molecule has 4 aliphatic carbocycles. The van der Waals surface area contributed by atoms with Gasteiger partial charge in [0.15, 0.2) is 0 Å². The third kappa shape index (κ3) is 5.08. The van der Waals surface area contributed by atoms with E-state index in [1.165, 1.54) is 83.3 Å². The van der Waals surface area contributed by atoms with Crippen LogP contribution in [0.4, 0.5) is 0 Å². The molecule has 9 atom stereocenters. The number of nitrogens with zero attached hydrogens (tertiary/aromatic N) is 1. The van der Waals surface area contributed by atoms with Crippen molar-refractivity contribution < 1.29 is 12.6 Å². The lowest BCUT2D eigenvalue weighted by Crippen LogP contribution is -2.60. The molecular formula is C31H55NO3S. The molecule has 0 radical (unpaired) electrons. The number of hydrogen-bond acceptors (Lipinski definition) is 4. The van der Waals surface area contributed by atoms with Gasteiger partial charge in [0.05, 0.1) is 6.26 Å². The van der Waals surface area contributed by atoms with E-state index in [1.807, 2.05) is 0 Å². The van der Waals surface area contributed by atoms with Crippen molar-refractivity contribution in [3.05, 3.63) is 0 Å². The van der Waals surface area contributed by atoms with Crippen LogP contribution in [-0.4, -0.2) is 44.8 Å². The standard InChI is InChI=1S/C31H55NO3S/c1-21(2)8-7-9-22(3)27-12-13-28-26-11-10-23-18-24(32-19-25(20-32)35-36(6,33)34)14-16-30(23,4)29(26)15-17-31(27,28)5/h21-29H,7-20H2,1-6H3. The van der Waals surface area contributed by atoms with E-state index in [9.17, 15) is 8.42 Å².